The Bertz CT molecular complexity index is 809. The second kappa shape index (κ2) is 6.72. The lowest BCUT2D eigenvalue weighted by Gasteiger charge is -2.07. The molecule has 0 aliphatic heterocycles. The van der Waals surface area contributed by atoms with Crippen LogP contribution in [0.1, 0.15) is 27.4 Å². The number of carbonyl (C=O) groups excluding carboxylic acids is 1. The van der Waals surface area contributed by atoms with Crippen LogP contribution in [0.5, 0.6) is 0 Å². The second-order valence-electron chi connectivity index (χ2n) is 5.12. The van der Waals surface area contributed by atoms with Crippen molar-refractivity contribution in [2.75, 3.05) is 5.32 Å². The van der Waals surface area contributed by atoms with Crippen molar-refractivity contribution >= 4 is 22.4 Å². The first-order chi connectivity index (χ1) is 11.2. The van der Waals surface area contributed by atoms with E-state index < -0.39 is 0 Å². The smallest absolute Gasteiger partial charge is 0.275 e. The molecular formula is C16H17N5OS. The lowest BCUT2D eigenvalue weighted by molar-refractivity contribution is 0.101. The molecule has 0 fully saturated rings. The Labute approximate surface area is 138 Å². The van der Waals surface area contributed by atoms with Crippen molar-refractivity contribution in [3.05, 3.63) is 64.4 Å². The molecule has 0 unspecified atom stereocenters. The Kier molecular flexibility index (Phi) is 4.50. The monoisotopic (exact) mass is 327 g/mol. The zero-order valence-electron chi connectivity index (χ0n) is 12.7. The number of aryl methyl sites for hydroxylation is 1. The molecule has 3 rings (SSSR count). The zero-order valence-corrected chi connectivity index (χ0v) is 13.5. The Morgan fingerprint density at radius 1 is 1.35 bits per heavy atom. The number of hydrogen-bond acceptors (Lipinski definition) is 5. The van der Waals surface area contributed by atoms with Crippen molar-refractivity contribution in [3.8, 4) is 0 Å². The summed E-state index contributed by atoms with van der Waals surface area (Å²) in [6.07, 6.45) is 0. The van der Waals surface area contributed by atoms with Crippen molar-refractivity contribution < 1.29 is 4.79 Å². The van der Waals surface area contributed by atoms with Gasteiger partial charge in [0.25, 0.3) is 5.91 Å². The number of aromatic nitrogens is 3. The van der Waals surface area contributed by atoms with Gasteiger partial charge in [-0.05, 0) is 18.6 Å². The van der Waals surface area contributed by atoms with Gasteiger partial charge in [0.2, 0.25) is 0 Å². The molecule has 3 N–H and O–H groups in total. The van der Waals surface area contributed by atoms with Crippen LogP contribution in [0.3, 0.4) is 0 Å². The third kappa shape index (κ3) is 3.64. The standard InChI is InChI=1S/C16H17N5OS/c1-11-7-14(15(22)19-16-18-13(8-17)10-23-16)21(20-11)9-12-5-3-2-4-6-12/h2-7,10H,8-9,17H2,1H3,(H,18,19,22). The van der Waals surface area contributed by atoms with E-state index in [2.05, 4.69) is 15.4 Å². The number of anilines is 1. The van der Waals surface area contributed by atoms with E-state index in [1.165, 1.54) is 11.3 Å². The Hall–Kier alpha value is -2.51. The molecule has 6 nitrogen and oxygen atoms in total. The molecule has 0 aliphatic rings. The van der Waals surface area contributed by atoms with Gasteiger partial charge in [0, 0.05) is 11.9 Å². The first-order valence-electron chi connectivity index (χ1n) is 7.20. The number of nitrogens with one attached hydrogen (secondary N) is 1. The molecular weight excluding hydrogens is 310 g/mol. The third-order valence-electron chi connectivity index (χ3n) is 3.29. The van der Waals surface area contributed by atoms with E-state index in [9.17, 15) is 4.79 Å². The number of carbonyl (C=O) groups is 1. The van der Waals surface area contributed by atoms with Gasteiger partial charge in [0.1, 0.15) is 5.69 Å². The van der Waals surface area contributed by atoms with Crippen molar-refractivity contribution in [3.63, 3.8) is 0 Å². The average Bonchev–Trinajstić information content (AvgIpc) is 3.14. The van der Waals surface area contributed by atoms with Gasteiger partial charge < -0.3 is 5.73 Å². The summed E-state index contributed by atoms with van der Waals surface area (Å²) in [5.74, 6) is -0.223. The molecule has 23 heavy (non-hydrogen) atoms. The fourth-order valence-electron chi connectivity index (χ4n) is 2.22. The highest BCUT2D eigenvalue weighted by molar-refractivity contribution is 7.13. The highest BCUT2D eigenvalue weighted by Crippen LogP contribution is 2.17. The molecule has 0 saturated carbocycles. The summed E-state index contributed by atoms with van der Waals surface area (Å²) in [5.41, 5.74) is 8.70. The molecule has 0 bridgehead atoms. The SMILES string of the molecule is Cc1cc(C(=O)Nc2nc(CN)cs2)n(Cc2ccccc2)n1. The molecule has 7 heteroatoms. The van der Waals surface area contributed by atoms with Crippen LogP contribution in [-0.2, 0) is 13.1 Å². The number of nitrogens with zero attached hydrogens (tertiary/aromatic N) is 3. The van der Waals surface area contributed by atoms with Crippen LogP contribution in [0, 0.1) is 6.92 Å². The molecule has 0 saturated heterocycles. The maximum absolute atomic E-state index is 12.5. The van der Waals surface area contributed by atoms with Crippen LogP contribution in [0.2, 0.25) is 0 Å². The van der Waals surface area contributed by atoms with Crippen LogP contribution < -0.4 is 11.1 Å². The van der Waals surface area contributed by atoms with Gasteiger partial charge in [-0.2, -0.15) is 5.10 Å². The lowest BCUT2D eigenvalue weighted by atomic mass is 10.2. The van der Waals surface area contributed by atoms with Crippen LogP contribution >= 0.6 is 11.3 Å². The topological polar surface area (TPSA) is 85.8 Å². The summed E-state index contributed by atoms with van der Waals surface area (Å²) in [5, 5.41) is 9.59. The number of thiazole rings is 1. The molecule has 0 radical (unpaired) electrons. The summed E-state index contributed by atoms with van der Waals surface area (Å²) in [6, 6.07) is 11.7. The quantitative estimate of drug-likeness (QED) is 0.753. The average molecular weight is 327 g/mol. The normalized spacial score (nSPS) is 10.7. The molecule has 0 spiro atoms. The molecule has 0 atom stereocenters. The molecule has 2 heterocycles. The fourth-order valence-corrected chi connectivity index (χ4v) is 2.94. The number of benzene rings is 1. The largest absolute Gasteiger partial charge is 0.325 e. The zero-order chi connectivity index (χ0) is 16.2. The van der Waals surface area contributed by atoms with E-state index in [-0.39, 0.29) is 5.91 Å². The lowest BCUT2D eigenvalue weighted by Crippen LogP contribution is -2.18. The molecule has 118 valence electrons. The Morgan fingerprint density at radius 3 is 2.83 bits per heavy atom. The minimum Gasteiger partial charge on any atom is -0.325 e. The minimum absolute atomic E-state index is 0.223. The summed E-state index contributed by atoms with van der Waals surface area (Å²) in [6.45, 7) is 2.77. The molecule has 1 aromatic carbocycles. The van der Waals surface area contributed by atoms with E-state index >= 15 is 0 Å². The number of rotatable bonds is 5. The number of amides is 1. The fraction of sp³-hybridized carbons (Fsp3) is 0.188. The maximum atomic E-state index is 12.5. The Morgan fingerprint density at radius 2 is 2.13 bits per heavy atom. The second-order valence-corrected chi connectivity index (χ2v) is 5.97. The van der Waals surface area contributed by atoms with Crippen LogP contribution in [0.15, 0.2) is 41.8 Å². The number of hydrogen-bond donors (Lipinski definition) is 2. The van der Waals surface area contributed by atoms with Gasteiger partial charge in [-0.25, -0.2) is 4.98 Å². The first-order valence-corrected chi connectivity index (χ1v) is 8.08. The van der Waals surface area contributed by atoms with Crippen molar-refractivity contribution in [2.45, 2.75) is 20.0 Å². The van der Waals surface area contributed by atoms with Gasteiger partial charge in [0.15, 0.2) is 5.13 Å². The molecule has 0 aliphatic carbocycles. The van der Waals surface area contributed by atoms with Crippen molar-refractivity contribution in [2.24, 2.45) is 5.73 Å². The summed E-state index contributed by atoms with van der Waals surface area (Å²) < 4.78 is 1.71. The van der Waals surface area contributed by atoms with Gasteiger partial charge in [0.05, 0.1) is 17.9 Å². The maximum Gasteiger partial charge on any atom is 0.275 e. The molecule has 1 amide bonds. The third-order valence-corrected chi connectivity index (χ3v) is 4.10. The van der Waals surface area contributed by atoms with E-state index in [0.29, 0.717) is 23.9 Å². The van der Waals surface area contributed by atoms with Crippen molar-refractivity contribution in [1.29, 1.82) is 0 Å². The Balaban J connectivity index is 1.80. The van der Waals surface area contributed by atoms with Crippen LogP contribution in [0.4, 0.5) is 5.13 Å². The predicted molar refractivity (Wildman–Crippen MR) is 90.5 cm³/mol. The molecule has 3 aromatic rings. The summed E-state index contributed by atoms with van der Waals surface area (Å²) >= 11 is 1.36. The van der Waals surface area contributed by atoms with E-state index in [1.807, 2.05) is 42.6 Å². The van der Waals surface area contributed by atoms with Gasteiger partial charge in [-0.1, -0.05) is 30.3 Å². The number of nitrogens with two attached hydrogens (primary N) is 1. The van der Waals surface area contributed by atoms with Crippen LogP contribution in [0.25, 0.3) is 0 Å². The summed E-state index contributed by atoms with van der Waals surface area (Å²) in [4.78, 5) is 16.7. The van der Waals surface area contributed by atoms with Crippen molar-refractivity contribution in [1.82, 2.24) is 14.8 Å². The van der Waals surface area contributed by atoms with E-state index in [4.69, 9.17) is 5.73 Å². The van der Waals surface area contributed by atoms with Gasteiger partial charge in [-0.3, -0.25) is 14.8 Å². The minimum atomic E-state index is -0.223. The molecule has 2 aromatic heterocycles. The highest BCUT2D eigenvalue weighted by Gasteiger charge is 2.16. The van der Waals surface area contributed by atoms with Crippen LogP contribution in [-0.4, -0.2) is 20.7 Å². The highest BCUT2D eigenvalue weighted by atomic mass is 32.1. The predicted octanol–water partition coefficient (Wildman–Crippen LogP) is 2.41. The van der Waals surface area contributed by atoms with E-state index in [0.717, 1.165) is 17.0 Å². The van der Waals surface area contributed by atoms with E-state index in [1.54, 1.807) is 10.7 Å². The van der Waals surface area contributed by atoms with Gasteiger partial charge in [-0.15, -0.1) is 11.3 Å². The first kappa shape index (κ1) is 15.4. The van der Waals surface area contributed by atoms with Gasteiger partial charge >= 0.3 is 0 Å². The summed E-state index contributed by atoms with van der Waals surface area (Å²) in [7, 11) is 0.